The molecule has 0 unspecified atom stereocenters. The Balaban J connectivity index is 1.10. The maximum atomic E-state index is 7.02. The molecule has 3 heteroatoms. The average molecular weight is 841 g/mol. The number of nitrogens with zero attached hydrogens (tertiary/aromatic N) is 2. The maximum Gasteiger partial charge on any atom is 0.136 e. The zero-order valence-corrected chi connectivity index (χ0v) is 37.5. The molecule has 0 aliphatic heterocycles. The first kappa shape index (κ1) is 40.2. The van der Waals surface area contributed by atoms with Crippen LogP contribution in [0.5, 0.6) is 0 Å². The van der Waals surface area contributed by atoms with Crippen LogP contribution >= 0.6 is 0 Å². The standard InChI is InChI=1S/C62H52N2O/c1-41(2)61-51-39-59-53(37-45(51)33-35-57(61)63(47-25-13-7-14-26-47)55-31-19-17-29-49(55)43-21-9-5-10-22-43)54-38-46-34-36-58(62(42(3)4)52(46)40-60(54)65-59)64(48-27-15-8-16-28-48)56-32-20-18-30-50(56)44-23-11-6-12-24-44/h5-15,17-27,29-42H,16,28H2,1-4H3. The van der Waals surface area contributed by atoms with E-state index < -0.39 is 0 Å². The third-order valence-electron chi connectivity index (χ3n) is 13.2. The first-order chi connectivity index (χ1) is 31.9. The number of benzene rings is 9. The molecule has 1 heterocycles. The van der Waals surface area contributed by atoms with Gasteiger partial charge in [0.25, 0.3) is 0 Å². The molecule has 316 valence electrons. The van der Waals surface area contributed by atoms with Gasteiger partial charge in [-0.15, -0.1) is 0 Å². The predicted octanol–water partition coefficient (Wildman–Crippen LogP) is 18.3. The first-order valence-electron chi connectivity index (χ1n) is 23.1. The van der Waals surface area contributed by atoms with Gasteiger partial charge in [-0.3, -0.25) is 0 Å². The molecule has 0 atom stereocenters. The fraction of sp³-hybridized carbons (Fsp3) is 0.129. The molecule has 0 N–H and O–H groups in total. The van der Waals surface area contributed by atoms with Crippen molar-refractivity contribution in [3.8, 4) is 22.3 Å². The molecule has 0 bridgehead atoms. The van der Waals surface area contributed by atoms with Crippen molar-refractivity contribution in [2.75, 3.05) is 9.80 Å². The van der Waals surface area contributed by atoms with E-state index in [0.29, 0.717) is 0 Å². The molecule has 65 heavy (non-hydrogen) atoms. The van der Waals surface area contributed by atoms with Gasteiger partial charge in [0.2, 0.25) is 0 Å². The summed E-state index contributed by atoms with van der Waals surface area (Å²) in [6, 6.07) is 68.5. The van der Waals surface area contributed by atoms with E-state index in [-0.39, 0.29) is 11.8 Å². The summed E-state index contributed by atoms with van der Waals surface area (Å²) in [6.07, 6.45) is 8.76. The van der Waals surface area contributed by atoms with Gasteiger partial charge in [-0.05, 0) is 135 Å². The lowest BCUT2D eigenvalue weighted by atomic mass is 9.90. The van der Waals surface area contributed by atoms with Crippen molar-refractivity contribution in [3.05, 3.63) is 223 Å². The van der Waals surface area contributed by atoms with Gasteiger partial charge >= 0.3 is 0 Å². The van der Waals surface area contributed by atoms with Crippen LogP contribution < -0.4 is 9.80 Å². The Morgan fingerprint density at radius 2 is 0.892 bits per heavy atom. The summed E-state index contributed by atoms with van der Waals surface area (Å²) >= 11 is 0. The molecule has 0 fully saturated rings. The van der Waals surface area contributed by atoms with Gasteiger partial charge in [0.05, 0.1) is 17.1 Å². The highest BCUT2D eigenvalue weighted by Gasteiger charge is 2.26. The van der Waals surface area contributed by atoms with Crippen LogP contribution in [0.2, 0.25) is 0 Å². The van der Waals surface area contributed by atoms with Crippen molar-refractivity contribution in [1.29, 1.82) is 0 Å². The van der Waals surface area contributed by atoms with Crippen molar-refractivity contribution < 1.29 is 4.42 Å². The molecule has 10 aromatic rings. The number of anilines is 5. The Kier molecular flexibility index (Phi) is 10.4. The van der Waals surface area contributed by atoms with Crippen molar-refractivity contribution in [3.63, 3.8) is 0 Å². The number of hydrogen-bond acceptors (Lipinski definition) is 3. The van der Waals surface area contributed by atoms with E-state index in [9.17, 15) is 0 Å². The predicted molar refractivity (Wildman–Crippen MR) is 278 cm³/mol. The second kappa shape index (κ2) is 16.8. The minimum Gasteiger partial charge on any atom is -0.456 e. The molecule has 3 nitrogen and oxygen atoms in total. The van der Waals surface area contributed by atoms with Crippen LogP contribution in [-0.2, 0) is 0 Å². The molecule has 1 aromatic heterocycles. The molecule has 11 rings (SSSR count). The Bertz CT molecular complexity index is 3430. The fourth-order valence-corrected chi connectivity index (χ4v) is 10.3. The summed E-state index contributed by atoms with van der Waals surface area (Å²) in [5.74, 6) is 0.473. The summed E-state index contributed by atoms with van der Waals surface area (Å²) in [5, 5.41) is 7.14. The van der Waals surface area contributed by atoms with Gasteiger partial charge in [0.15, 0.2) is 0 Å². The third kappa shape index (κ3) is 7.18. The largest absolute Gasteiger partial charge is 0.456 e. The molecule has 0 saturated carbocycles. The summed E-state index contributed by atoms with van der Waals surface area (Å²) < 4.78 is 7.02. The van der Waals surface area contributed by atoms with Crippen LogP contribution in [0.15, 0.2) is 216 Å². The lowest BCUT2D eigenvalue weighted by molar-refractivity contribution is 0.670. The number of para-hydroxylation sites is 3. The van der Waals surface area contributed by atoms with E-state index >= 15 is 0 Å². The van der Waals surface area contributed by atoms with Crippen LogP contribution in [0.3, 0.4) is 0 Å². The van der Waals surface area contributed by atoms with Crippen molar-refractivity contribution in [1.82, 2.24) is 0 Å². The normalized spacial score (nSPS) is 12.8. The topological polar surface area (TPSA) is 19.6 Å². The smallest absolute Gasteiger partial charge is 0.136 e. The van der Waals surface area contributed by atoms with Crippen molar-refractivity contribution >= 4 is 71.9 Å². The van der Waals surface area contributed by atoms with E-state index in [1.54, 1.807) is 0 Å². The third-order valence-corrected chi connectivity index (χ3v) is 13.2. The maximum absolute atomic E-state index is 7.02. The van der Waals surface area contributed by atoms with Gasteiger partial charge in [-0.1, -0.05) is 167 Å². The van der Waals surface area contributed by atoms with Crippen molar-refractivity contribution in [2.45, 2.75) is 52.4 Å². The summed E-state index contributed by atoms with van der Waals surface area (Å²) in [5.41, 5.74) is 16.3. The molecule has 1 aliphatic rings. The number of fused-ring (bicyclic) bond motifs is 5. The monoisotopic (exact) mass is 840 g/mol. The zero-order chi connectivity index (χ0) is 44.0. The molecule has 9 aromatic carbocycles. The minimum absolute atomic E-state index is 0.227. The second-order valence-electron chi connectivity index (χ2n) is 17.9. The van der Waals surface area contributed by atoms with E-state index in [1.165, 1.54) is 77.7 Å². The summed E-state index contributed by atoms with van der Waals surface area (Å²) in [6.45, 7) is 9.27. The average Bonchev–Trinajstić information content (AvgIpc) is 3.69. The molecule has 0 saturated heterocycles. The number of furan rings is 1. The highest BCUT2D eigenvalue weighted by Crippen LogP contribution is 2.49. The molecule has 0 radical (unpaired) electrons. The van der Waals surface area contributed by atoms with E-state index in [1.807, 2.05) is 0 Å². The van der Waals surface area contributed by atoms with E-state index in [0.717, 1.165) is 46.2 Å². The van der Waals surface area contributed by atoms with E-state index in [2.05, 4.69) is 244 Å². The molecular formula is C62H52N2O. The fourth-order valence-electron chi connectivity index (χ4n) is 10.3. The number of hydrogen-bond donors (Lipinski definition) is 0. The lowest BCUT2D eigenvalue weighted by Crippen LogP contribution is -2.20. The van der Waals surface area contributed by atoms with Gasteiger partial charge in [-0.2, -0.15) is 0 Å². The SMILES string of the molecule is CC(C)c1c(N(C2=CC=CCC2)c2ccccc2-c2ccccc2)ccc2cc3c(cc12)oc1cc2c(C(C)C)c(N(c4ccccc4)c4ccccc4-c4ccccc4)ccc2cc13. The van der Waals surface area contributed by atoms with Crippen LogP contribution in [0.25, 0.3) is 65.7 Å². The highest BCUT2D eigenvalue weighted by atomic mass is 16.3. The molecular weight excluding hydrogens is 789 g/mol. The summed E-state index contributed by atoms with van der Waals surface area (Å²) in [7, 11) is 0. The van der Waals surface area contributed by atoms with Crippen LogP contribution in [0.1, 0.15) is 63.5 Å². The first-order valence-corrected chi connectivity index (χ1v) is 23.1. The summed E-state index contributed by atoms with van der Waals surface area (Å²) in [4.78, 5) is 4.97. The highest BCUT2D eigenvalue weighted by molar-refractivity contribution is 6.15. The lowest BCUT2D eigenvalue weighted by Gasteiger charge is -2.33. The Morgan fingerprint density at radius 1 is 0.431 bits per heavy atom. The van der Waals surface area contributed by atoms with Crippen LogP contribution in [0.4, 0.5) is 28.4 Å². The van der Waals surface area contributed by atoms with Gasteiger partial charge in [0.1, 0.15) is 11.2 Å². The van der Waals surface area contributed by atoms with Gasteiger partial charge in [0, 0.05) is 39.0 Å². The van der Waals surface area contributed by atoms with Crippen molar-refractivity contribution in [2.24, 2.45) is 0 Å². The molecule has 1 aliphatic carbocycles. The van der Waals surface area contributed by atoms with Crippen LogP contribution in [-0.4, -0.2) is 0 Å². The molecule has 0 spiro atoms. The number of rotatable bonds is 10. The Labute approximate surface area is 382 Å². The quantitative estimate of drug-likeness (QED) is 0.137. The van der Waals surface area contributed by atoms with Crippen LogP contribution in [0, 0.1) is 0 Å². The Morgan fingerprint density at radius 3 is 1.38 bits per heavy atom. The van der Waals surface area contributed by atoms with E-state index in [4.69, 9.17) is 4.42 Å². The number of allylic oxidation sites excluding steroid dienone is 4. The molecule has 0 amide bonds. The Hall–Kier alpha value is -7.62. The minimum atomic E-state index is 0.227. The zero-order valence-electron chi connectivity index (χ0n) is 37.5. The van der Waals surface area contributed by atoms with Gasteiger partial charge in [-0.25, -0.2) is 0 Å². The van der Waals surface area contributed by atoms with Gasteiger partial charge < -0.3 is 14.2 Å². The second-order valence-corrected chi connectivity index (χ2v) is 17.9.